The van der Waals surface area contributed by atoms with Gasteiger partial charge in [-0.2, -0.15) is 36.6 Å². The highest BCUT2D eigenvalue weighted by Gasteiger charge is 2.57. The molecule has 0 aliphatic carbocycles. The first-order valence-electron chi connectivity index (χ1n) is 6.19. The zero-order valence-corrected chi connectivity index (χ0v) is 12.4. The van der Waals surface area contributed by atoms with Crippen LogP contribution in [0, 0.1) is 6.92 Å². The molecule has 0 fully saturated rings. The van der Waals surface area contributed by atoms with Crippen LogP contribution in [0.15, 0.2) is 45.6 Å². The van der Waals surface area contributed by atoms with E-state index in [9.17, 15) is 30.9 Å². The van der Waals surface area contributed by atoms with Crippen molar-refractivity contribution in [3.8, 4) is 0 Å². The molecule has 1 aliphatic rings. The highest BCUT2D eigenvalue weighted by Crippen LogP contribution is 2.46. The van der Waals surface area contributed by atoms with Crippen molar-refractivity contribution in [1.29, 1.82) is 0 Å². The highest BCUT2D eigenvalue weighted by molar-refractivity contribution is 7.91. The third kappa shape index (κ3) is 3.52. The minimum absolute atomic E-state index is 0.201. The Bertz CT molecular complexity index is 641. The summed E-state index contributed by atoms with van der Waals surface area (Å²) in [4.78, 5) is -0.307. The zero-order chi connectivity index (χ0) is 17.5. The van der Waals surface area contributed by atoms with Gasteiger partial charge < -0.3 is 4.55 Å². The predicted molar refractivity (Wildman–Crippen MR) is 70.2 cm³/mol. The Labute approximate surface area is 130 Å². The molecular weight excluding hydrogens is 346 g/mol. The average molecular weight is 356 g/mol. The van der Waals surface area contributed by atoms with Crippen LogP contribution in [0.1, 0.15) is 11.1 Å². The standard InChI is InChI=1S/C13H10F6N2OS/c1-8-2-3-9(6-10(8)23(22)7-12(14,15)16)11(13(17,18)19)4-5-20-21-11/h2-6H,7H2,1H3. The summed E-state index contributed by atoms with van der Waals surface area (Å²) in [6.07, 6.45) is -7.96. The Balaban J connectivity index is 2.49. The van der Waals surface area contributed by atoms with Crippen molar-refractivity contribution in [1.82, 2.24) is 0 Å². The normalized spacial score (nSPS) is 22.6. The summed E-state index contributed by atoms with van der Waals surface area (Å²) in [7, 11) is 0. The first kappa shape index (κ1) is 17.8. The van der Waals surface area contributed by atoms with E-state index in [2.05, 4.69) is 10.2 Å². The van der Waals surface area contributed by atoms with Crippen LogP contribution in [0.4, 0.5) is 26.3 Å². The SMILES string of the molecule is Cc1ccc(C2(C(F)(F)F)C=CN=N2)cc1[S+]([O-])CC(F)(F)F. The molecule has 3 nitrogen and oxygen atoms in total. The monoisotopic (exact) mass is 356 g/mol. The van der Waals surface area contributed by atoms with Crippen LogP contribution in [0.25, 0.3) is 0 Å². The van der Waals surface area contributed by atoms with Gasteiger partial charge in [-0.1, -0.05) is 12.1 Å². The van der Waals surface area contributed by atoms with Gasteiger partial charge in [0.2, 0.25) is 11.3 Å². The molecular formula is C13H10F6N2OS. The lowest BCUT2D eigenvalue weighted by Crippen LogP contribution is -2.38. The van der Waals surface area contributed by atoms with Crippen LogP contribution in [0.2, 0.25) is 0 Å². The molecule has 0 bridgehead atoms. The fourth-order valence-electron chi connectivity index (χ4n) is 2.08. The van der Waals surface area contributed by atoms with Gasteiger partial charge in [-0.3, -0.25) is 0 Å². The average Bonchev–Trinajstić information content (AvgIpc) is 2.87. The molecule has 2 atom stereocenters. The molecule has 1 aromatic carbocycles. The first-order valence-corrected chi connectivity index (χ1v) is 7.51. The van der Waals surface area contributed by atoms with Crippen molar-refractivity contribution >= 4 is 11.2 Å². The van der Waals surface area contributed by atoms with Crippen LogP contribution in [-0.2, 0) is 16.7 Å². The Hall–Kier alpha value is -1.55. The van der Waals surface area contributed by atoms with Crippen molar-refractivity contribution < 1.29 is 30.9 Å². The molecule has 0 saturated heterocycles. The smallest absolute Gasteiger partial charge is 0.433 e. The number of azo groups is 1. The number of benzene rings is 1. The Morgan fingerprint density at radius 2 is 1.83 bits per heavy atom. The van der Waals surface area contributed by atoms with Crippen LogP contribution < -0.4 is 0 Å². The van der Waals surface area contributed by atoms with Crippen LogP contribution >= 0.6 is 0 Å². The minimum atomic E-state index is -4.83. The molecule has 2 rings (SSSR count). The summed E-state index contributed by atoms with van der Waals surface area (Å²) in [5.74, 6) is -1.63. The Morgan fingerprint density at radius 1 is 1.17 bits per heavy atom. The highest BCUT2D eigenvalue weighted by atomic mass is 32.2. The Morgan fingerprint density at radius 3 is 2.30 bits per heavy atom. The quantitative estimate of drug-likeness (QED) is 0.585. The summed E-state index contributed by atoms with van der Waals surface area (Å²) in [6, 6.07) is 3.12. The molecule has 0 amide bonds. The van der Waals surface area contributed by atoms with Gasteiger partial charge in [0.1, 0.15) is 0 Å². The van der Waals surface area contributed by atoms with Crippen molar-refractivity contribution in [3.05, 3.63) is 41.6 Å². The number of alkyl halides is 6. The summed E-state index contributed by atoms with van der Waals surface area (Å²) in [6.45, 7) is 1.37. The third-order valence-electron chi connectivity index (χ3n) is 3.20. The van der Waals surface area contributed by atoms with Crippen LogP contribution in [-0.4, -0.2) is 22.7 Å². The van der Waals surface area contributed by atoms with E-state index in [-0.39, 0.29) is 10.5 Å². The topological polar surface area (TPSA) is 47.8 Å². The molecule has 1 aromatic rings. The molecule has 23 heavy (non-hydrogen) atoms. The second-order valence-electron chi connectivity index (χ2n) is 4.88. The van der Waals surface area contributed by atoms with Gasteiger partial charge in [-0.05, 0) is 35.8 Å². The molecule has 0 N–H and O–H groups in total. The number of halogens is 6. The summed E-state index contributed by atoms with van der Waals surface area (Å²) in [5, 5.41) is 6.39. The molecule has 126 valence electrons. The molecule has 0 aromatic heterocycles. The van der Waals surface area contributed by atoms with Crippen molar-refractivity contribution in [2.45, 2.75) is 29.7 Å². The van der Waals surface area contributed by atoms with Gasteiger partial charge in [0.05, 0.1) is 0 Å². The molecule has 2 unspecified atom stereocenters. The number of hydrogen-bond acceptors (Lipinski definition) is 3. The maximum atomic E-state index is 13.3. The maximum Gasteiger partial charge on any atom is 0.433 e. The molecule has 1 aliphatic heterocycles. The van der Waals surface area contributed by atoms with E-state index in [1.54, 1.807) is 0 Å². The molecule has 0 radical (unpaired) electrons. The van der Waals surface area contributed by atoms with E-state index in [1.165, 1.54) is 13.0 Å². The summed E-state index contributed by atoms with van der Waals surface area (Å²) >= 11 is -2.51. The Kier molecular flexibility index (Phi) is 4.51. The lowest BCUT2D eigenvalue weighted by molar-refractivity contribution is -0.174. The van der Waals surface area contributed by atoms with E-state index in [0.717, 1.165) is 18.3 Å². The number of aryl methyl sites for hydroxylation is 1. The van der Waals surface area contributed by atoms with Crippen molar-refractivity contribution in [3.63, 3.8) is 0 Å². The van der Waals surface area contributed by atoms with Crippen molar-refractivity contribution in [2.24, 2.45) is 10.2 Å². The predicted octanol–water partition coefficient (Wildman–Crippen LogP) is 4.40. The van der Waals surface area contributed by atoms with Crippen molar-refractivity contribution in [2.75, 3.05) is 5.75 Å². The molecule has 0 saturated carbocycles. The van der Waals surface area contributed by atoms with E-state index in [0.29, 0.717) is 6.08 Å². The van der Waals surface area contributed by atoms with E-state index < -0.39 is 40.4 Å². The summed E-state index contributed by atoms with van der Waals surface area (Å²) < 4.78 is 89.0. The lowest BCUT2D eigenvalue weighted by atomic mass is 9.90. The van der Waals surface area contributed by atoms with Gasteiger partial charge >= 0.3 is 12.4 Å². The minimum Gasteiger partial charge on any atom is -0.611 e. The molecule has 1 heterocycles. The first-order chi connectivity index (χ1) is 10.5. The largest absolute Gasteiger partial charge is 0.611 e. The van der Waals surface area contributed by atoms with E-state index in [1.807, 2.05) is 0 Å². The third-order valence-corrected chi connectivity index (χ3v) is 4.72. The fraction of sp³-hybridized carbons (Fsp3) is 0.385. The van der Waals surface area contributed by atoms with Gasteiger partial charge in [0, 0.05) is 11.8 Å². The van der Waals surface area contributed by atoms with Gasteiger partial charge in [0.25, 0.3) is 0 Å². The second kappa shape index (κ2) is 5.82. The molecule has 0 spiro atoms. The molecule has 10 heteroatoms. The zero-order valence-electron chi connectivity index (χ0n) is 11.6. The number of hydrogen-bond donors (Lipinski definition) is 0. The fourth-order valence-corrected chi connectivity index (χ4v) is 3.21. The van der Waals surface area contributed by atoms with Gasteiger partial charge in [0.15, 0.2) is 4.90 Å². The lowest BCUT2D eigenvalue weighted by Gasteiger charge is -2.26. The van der Waals surface area contributed by atoms with Crippen LogP contribution in [0.5, 0.6) is 0 Å². The van der Waals surface area contributed by atoms with E-state index in [4.69, 9.17) is 0 Å². The van der Waals surface area contributed by atoms with Crippen LogP contribution in [0.3, 0.4) is 0 Å². The second-order valence-corrected chi connectivity index (χ2v) is 6.30. The van der Waals surface area contributed by atoms with E-state index >= 15 is 0 Å². The number of rotatable bonds is 3. The van der Waals surface area contributed by atoms with Gasteiger partial charge in [-0.15, -0.1) is 0 Å². The summed E-state index contributed by atoms with van der Waals surface area (Å²) in [5.41, 5.74) is -3.00. The van der Waals surface area contributed by atoms with Gasteiger partial charge in [-0.25, -0.2) is 0 Å². The maximum absolute atomic E-state index is 13.3. The number of nitrogens with zero attached hydrogens (tertiary/aromatic N) is 2.